The van der Waals surface area contributed by atoms with E-state index in [0.29, 0.717) is 13.2 Å². The fourth-order valence-corrected chi connectivity index (χ4v) is 2.24. The number of carbonyl (C=O) groups excluding carboxylic acids is 1. The first kappa shape index (κ1) is 18.0. The van der Waals surface area contributed by atoms with Crippen LogP contribution in [0.5, 0.6) is 0 Å². The average molecular weight is 306 g/mol. The minimum Gasteiger partial charge on any atom is -0.383 e. The third-order valence-electron chi connectivity index (χ3n) is 3.42. The van der Waals surface area contributed by atoms with E-state index in [4.69, 9.17) is 10.5 Å². The molecular formula is C16H26N4O2. The van der Waals surface area contributed by atoms with E-state index in [9.17, 15) is 4.79 Å². The van der Waals surface area contributed by atoms with Gasteiger partial charge >= 0.3 is 6.03 Å². The zero-order chi connectivity index (χ0) is 16.5. The van der Waals surface area contributed by atoms with Crippen LogP contribution >= 0.6 is 0 Å². The van der Waals surface area contributed by atoms with Gasteiger partial charge in [0.25, 0.3) is 0 Å². The van der Waals surface area contributed by atoms with Crippen molar-refractivity contribution in [2.45, 2.75) is 26.7 Å². The maximum atomic E-state index is 12.3. The highest BCUT2D eigenvalue weighted by Crippen LogP contribution is 2.26. The minimum absolute atomic E-state index is 0.0981. The Kier molecular flexibility index (Phi) is 7.39. The Labute approximate surface area is 132 Å². The number of carbonyl (C=O) groups is 1. The summed E-state index contributed by atoms with van der Waals surface area (Å²) < 4.78 is 4.89. The average Bonchev–Trinajstić information content (AvgIpc) is 2.53. The van der Waals surface area contributed by atoms with Gasteiger partial charge < -0.3 is 10.5 Å². The van der Waals surface area contributed by atoms with Gasteiger partial charge in [-0.2, -0.15) is 0 Å². The number of nitrogens with two attached hydrogens (primary N) is 1. The van der Waals surface area contributed by atoms with Gasteiger partial charge in [0, 0.05) is 14.2 Å². The third kappa shape index (κ3) is 4.73. The third-order valence-corrected chi connectivity index (χ3v) is 3.42. The van der Waals surface area contributed by atoms with Crippen LogP contribution in [-0.2, 0) is 17.6 Å². The Morgan fingerprint density at radius 3 is 2.41 bits per heavy atom. The molecule has 0 radical (unpaired) electrons. The SMILES string of the molecule is CCc1cccc(CC)c1N(C)C(=O)NC(N)=NCCOC. The van der Waals surface area contributed by atoms with Crippen LogP contribution in [0.2, 0.25) is 0 Å². The number of hydrogen-bond donors (Lipinski definition) is 2. The van der Waals surface area contributed by atoms with E-state index in [1.807, 2.05) is 18.2 Å². The number of benzene rings is 1. The molecule has 122 valence electrons. The minimum atomic E-state index is -0.297. The lowest BCUT2D eigenvalue weighted by Crippen LogP contribution is -2.45. The number of hydrogen-bond acceptors (Lipinski definition) is 3. The van der Waals surface area contributed by atoms with Crippen molar-refractivity contribution in [1.29, 1.82) is 0 Å². The van der Waals surface area contributed by atoms with Gasteiger partial charge in [0.2, 0.25) is 0 Å². The molecule has 0 aliphatic carbocycles. The molecule has 0 aliphatic heterocycles. The van der Waals surface area contributed by atoms with Crippen molar-refractivity contribution in [3.05, 3.63) is 29.3 Å². The van der Waals surface area contributed by atoms with Gasteiger partial charge in [-0.25, -0.2) is 4.79 Å². The monoisotopic (exact) mass is 306 g/mol. The number of aryl methyl sites for hydroxylation is 2. The highest BCUT2D eigenvalue weighted by atomic mass is 16.5. The van der Waals surface area contributed by atoms with Gasteiger partial charge in [0.05, 0.1) is 18.8 Å². The van der Waals surface area contributed by atoms with Gasteiger partial charge in [-0.15, -0.1) is 0 Å². The number of nitrogens with zero attached hydrogens (tertiary/aromatic N) is 2. The number of amides is 2. The summed E-state index contributed by atoms with van der Waals surface area (Å²) >= 11 is 0. The molecule has 0 atom stereocenters. The zero-order valence-corrected chi connectivity index (χ0v) is 13.8. The summed E-state index contributed by atoms with van der Waals surface area (Å²) in [7, 11) is 3.33. The Balaban J connectivity index is 2.89. The molecule has 0 aliphatic rings. The first-order valence-electron chi connectivity index (χ1n) is 7.49. The normalized spacial score (nSPS) is 11.4. The topological polar surface area (TPSA) is 80.0 Å². The summed E-state index contributed by atoms with van der Waals surface area (Å²) in [5, 5.41) is 2.60. The number of nitrogens with one attached hydrogen (secondary N) is 1. The Bertz CT molecular complexity index is 507. The number of urea groups is 1. The molecule has 0 bridgehead atoms. The lowest BCUT2D eigenvalue weighted by Gasteiger charge is -2.23. The Morgan fingerprint density at radius 1 is 1.32 bits per heavy atom. The fraction of sp³-hybridized carbons (Fsp3) is 0.500. The molecule has 22 heavy (non-hydrogen) atoms. The summed E-state index contributed by atoms with van der Waals surface area (Å²) in [5.41, 5.74) is 8.91. The van der Waals surface area contributed by atoms with Crippen LogP contribution in [0.3, 0.4) is 0 Å². The van der Waals surface area contributed by atoms with Crippen LogP contribution in [0.1, 0.15) is 25.0 Å². The van der Waals surface area contributed by atoms with Crippen LogP contribution in [0.15, 0.2) is 23.2 Å². The Hall–Kier alpha value is -2.08. The zero-order valence-electron chi connectivity index (χ0n) is 13.8. The number of ether oxygens (including phenoxy) is 1. The number of rotatable bonds is 6. The molecule has 0 saturated heterocycles. The van der Waals surface area contributed by atoms with E-state index in [1.54, 1.807) is 19.1 Å². The van der Waals surface area contributed by atoms with E-state index in [1.165, 1.54) is 0 Å². The van der Waals surface area contributed by atoms with Crippen molar-refractivity contribution in [3.8, 4) is 0 Å². The molecular weight excluding hydrogens is 280 g/mol. The largest absolute Gasteiger partial charge is 0.383 e. The summed E-state index contributed by atoms with van der Waals surface area (Å²) in [6.07, 6.45) is 1.72. The van der Waals surface area contributed by atoms with E-state index in [0.717, 1.165) is 29.7 Å². The summed E-state index contributed by atoms with van der Waals surface area (Å²) in [6.45, 7) is 5.03. The summed E-state index contributed by atoms with van der Waals surface area (Å²) in [6, 6.07) is 5.80. The Morgan fingerprint density at radius 2 is 1.91 bits per heavy atom. The summed E-state index contributed by atoms with van der Waals surface area (Å²) in [4.78, 5) is 18.0. The molecule has 0 unspecified atom stereocenters. The van der Waals surface area contributed by atoms with Gasteiger partial charge in [0.15, 0.2) is 5.96 Å². The molecule has 2 amide bonds. The van der Waals surface area contributed by atoms with Gasteiger partial charge in [-0.05, 0) is 24.0 Å². The second kappa shape index (κ2) is 9.04. The van der Waals surface area contributed by atoms with Crippen molar-refractivity contribution in [2.24, 2.45) is 10.7 Å². The quantitative estimate of drug-likeness (QED) is 0.479. The molecule has 1 aromatic carbocycles. The lowest BCUT2D eigenvalue weighted by atomic mass is 10.0. The molecule has 6 nitrogen and oxygen atoms in total. The van der Waals surface area contributed by atoms with E-state index in [2.05, 4.69) is 24.2 Å². The van der Waals surface area contributed by atoms with Crippen LogP contribution < -0.4 is 16.0 Å². The maximum Gasteiger partial charge on any atom is 0.328 e. The van der Waals surface area contributed by atoms with Crippen LogP contribution in [0, 0.1) is 0 Å². The van der Waals surface area contributed by atoms with Crippen molar-refractivity contribution >= 4 is 17.7 Å². The van der Waals surface area contributed by atoms with Crippen molar-refractivity contribution in [3.63, 3.8) is 0 Å². The number of aliphatic imine (C=N–C) groups is 1. The maximum absolute atomic E-state index is 12.3. The molecule has 6 heteroatoms. The predicted molar refractivity (Wildman–Crippen MR) is 90.5 cm³/mol. The van der Waals surface area contributed by atoms with Gasteiger partial charge in [0.1, 0.15) is 0 Å². The second-order valence-electron chi connectivity index (χ2n) is 4.88. The second-order valence-corrected chi connectivity index (χ2v) is 4.88. The molecule has 0 aromatic heterocycles. The van der Waals surface area contributed by atoms with Gasteiger partial charge in [-0.1, -0.05) is 32.0 Å². The molecule has 0 heterocycles. The highest BCUT2D eigenvalue weighted by molar-refractivity contribution is 6.03. The number of anilines is 1. The van der Waals surface area contributed by atoms with E-state index in [-0.39, 0.29) is 12.0 Å². The molecule has 0 spiro atoms. The lowest BCUT2D eigenvalue weighted by molar-refractivity contribution is 0.208. The molecule has 0 fully saturated rings. The van der Waals surface area contributed by atoms with Crippen molar-refractivity contribution in [1.82, 2.24) is 5.32 Å². The number of guanidine groups is 1. The van der Waals surface area contributed by atoms with E-state index >= 15 is 0 Å². The molecule has 1 rings (SSSR count). The summed E-state index contributed by atoms with van der Waals surface area (Å²) in [5.74, 6) is 0.0981. The molecule has 3 N–H and O–H groups in total. The molecule has 0 saturated carbocycles. The van der Waals surface area contributed by atoms with Crippen LogP contribution in [0.4, 0.5) is 10.5 Å². The van der Waals surface area contributed by atoms with Gasteiger partial charge in [-0.3, -0.25) is 15.2 Å². The predicted octanol–water partition coefficient (Wildman–Crippen LogP) is 1.92. The van der Waals surface area contributed by atoms with Crippen molar-refractivity contribution in [2.75, 3.05) is 32.2 Å². The standard InChI is InChI=1S/C16H26N4O2/c1-5-12-8-7-9-13(6-2)14(12)20(3)16(21)19-15(17)18-10-11-22-4/h7-9H,5-6,10-11H2,1-4H3,(H3,17,18,19,21). The smallest absolute Gasteiger partial charge is 0.328 e. The van der Waals surface area contributed by atoms with Crippen molar-refractivity contribution < 1.29 is 9.53 Å². The van der Waals surface area contributed by atoms with Crippen LogP contribution in [0.25, 0.3) is 0 Å². The fourth-order valence-electron chi connectivity index (χ4n) is 2.24. The first-order valence-corrected chi connectivity index (χ1v) is 7.49. The molecule has 1 aromatic rings. The number of para-hydroxylation sites is 1. The first-order chi connectivity index (χ1) is 10.5. The van der Waals surface area contributed by atoms with E-state index < -0.39 is 0 Å². The highest BCUT2D eigenvalue weighted by Gasteiger charge is 2.17. The van der Waals surface area contributed by atoms with Crippen LogP contribution in [-0.4, -0.2) is 39.3 Å². The number of methoxy groups -OCH3 is 1.